The lowest BCUT2D eigenvalue weighted by Crippen LogP contribution is -2.25. The second kappa shape index (κ2) is 6.78. The largest absolute Gasteiger partial charge is 0.504 e. The van der Waals surface area contributed by atoms with Crippen molar-refractivity contribution in [3.8, 4) is 17.2 Å². The van der Waals surface area contributed by atoms with Gasteiger partial charge in [0, 0.05) is 18.3 Å². The molecule has 0 atom stereocenters. The first-order valence-electron chi connectivity index (χ1n) is 6.46. The van der Waals surface area contributed by atoms with Crippen LogP contribution in [0.25, 0.3) is 10.8 Å². The predicted molar refractivity (Wildman–Crippen MR) is 83.8 cm³/mol. The Morgan fingerprint density at radius 3 is 2.43 bits per heavy atom. The number of hydrogen-bond acceptors (Lipinski definition) is 7. The molecule has 6 N–H and O–H groups in total. The summed E-state index contributed by atoms with van der Waals surface area (Å²) in [5.74, 6) is -2.61. The van der Waals surface area contributed by atoms with Crippen molar-refractivity contribution in [3.05, 3.63) is 40.1 Å². The van der Waals surface area contributed by atoms with Crippen molar-refractivity contribution in [2.45, 2.75) is 0 Å². The SMILES string of the molecule is O=C(NCCP(O)O)c1cc(O)c(=O)c2c(O)c(O)ccc2c1. The zero-order chi connectivity index (χ0) is 17.1. The first-order valence-corrected chi connectivity index (χ1v) is 7.90. The molecule has 0 radical (unpaired) electrons. The summed E-state index contributed by atoms with van der Waals surface area (Å²) < 4.78 is 0. The van der Waals surface area contributed by atoms with Crippen LogP contribution in [0.1, 0.15) is 10.4 Å². The van der Waals surface area contributed by atoms with Crippen LogP contribution in [-0.2, 0) is 0 Å². The second-order valence-corrected chi connectivity index (χ2v) is 5.90. The number of phenolic OH excluding ortho intramolecular Hbond substituents is 2. The van der Waals surface area contributed by atoms with Crippen molar-refractivity contribution in [2.24, 2.45) is 0 Å². The number of nitrogens with one attached hydrogen (secondary N) is 1. The molecule has 23 heavy (non-hydrogen) atoms. The van der Waals surface area contributed by atoms with E-state index in [1.54, 1.807) is 0 Å². The van der Waals surface area contributed by atoms with E-state index >= 15 is 0 Å². The van der Waals surface area contributed by atoms with Crippen LogP contribution in [0.3, 0.4) is 0 Å². The van der Waals surface area contributed by atoms with E-state index in [0.717, 1.165) is 12.1 Å². The molecule has 0 aliphatic rings. The Balaban J connectivity index is 2.52. The molecule has 1 amide bonds. The number of phenols is 2. The lowest BCUT2D eigenvalue weighted by Gasteiger charge is -2.05. The van der Waals surface area contributed by atoms with Crippen molar-refractivity contribution in [1.82, 2.24) is 5.32 Å². The van der Waals surface area contributed by atoms with Gasteiger partial charge in [-0.3, -0.25) is 9.59 Å². The minimum absolute atomic E-state index is 0.00507. The Morgan fingerprint density at radius 2 is 1.78 bits per heavy atom. The summed E-state index contributed by atoms with van der Waals surface area (Å²) in [6.45, 7) is 0.00507. The van der Waals surface area contributed by atoms with Crippen LogP contribution in [0.4, 0.5) is 0 Å². The van der Waals surface area contributed by atoms with Crippen LogP contribution in [0.5, 0.6) is 17.2 Å². The topological polar surface area (TPSA) is 147 Å². The highest BCUT2D eigenvalue weighted by Gasteiger charge is 2.14. The normalized spacial score (nSPS) is 10.9. The number of carbonyl (C=O) groups excluding carboxylic acids is 1. The molecule has 0 spiro atoms. The molecule has 9 heteroatoms. The Kier molecular flexibility index (Phi) is 5.00. The van der Waals surface area contributed by atoms with Gasteiger partial charge in [-0.25, -0.2) is 0 Å². The molecule has 0 aromatic heterocycles. The highest BCUT2D eigenvalue weighted by atomic mass is 31.2. The highest BCUT2D eigenvalue weighted by Crippen LogP contribution is 2.32. The van der Waals surface area contributed by atoms with E-state index in [4.69, 9.17) is 9.79 Å². The number of aromatic hydroxyl groups is 3. The smallest absolute Gasteiger partial charge is 0.251 e. The molecule has 2 rings (SSSR count). The molecule has 0 aliphatic heterocycles. The van der Waals surface area contributed by atoms with Crippen LogP contribution in [0, 0.1) is 0 Å². The average Bonchev–Trinajstić information content (AvgIpc) is 2.61. The van der Waals surface area contributed by atoms with Crippen molar-refractivity contribution in [3.63, 3.8) is 0 Å². The van der Waals surface area contributed by atoms with Crippen LogP contribution in [0.2, 0.25) is 0 Å². The van der Waals surface area contributed by atoms with E-state index in [0.29, 0.717) is 0 Å². The fourth-order valence-electron chi connectivity index (χ4n) is 2.01. The molecule has 0 heterocycles. The first-order chi connectivity index (χ1) is 10.8. The third kappa shape index (κ3) is 3.68. The molecule has 2 aromatic rings. The van der Waals surface area contributed by atoms with Gasteiger partial charge in [-0.2, -0.15) is 0 Å². The predicted octanol–water partition coefficient (Wildman–Crippen LogP) is 0.343. The van der Waals surface area contributed by atoms with Crippen molar-refractivity contribution in [1.29, 1.82) is 0 Å². The van der Waals surface area contributed by atoms with E-state index < -0.39 is 37.0 Å². The molecule has 0 saturated heterocycles. The molecule has 2 aromatic carbocycles. The maximum atomic E-state index is 12.1. The lowest BCUT2D eigenvalue weighted by molar-refractivity contribution is 0.0956. The van der Waals surface area contributed by atoms with Gasteiger partial charge in [0.2, 0.25) is 5.43 Å². The molecule has 0 saturated carbocycles. The van der Waals surface area contributed by atoms with Crippen molar-refractivity contribution >= 4 is 25.1 Å². The lowest BCUT2D eigenvalue weighted by atomic mass is 10.1. The number of fused-ring (bicyclic) bond motifs is 1. The molecule has 0 fully saturated rings. The number of benzene rings is 1. The van der Waals surface area contributed by atoms with Gasteiger partial charge >= 0.3 is 0 Å². The minimum Gasteiger partial charge on any atom is -0.504 e. The van der Waals surface area contributed by atoms with Gasteiger partial charge in [0.1, 0.15) is 0 Å². The average molecular weight is 339 g/mol. The monoisotopic (exact) mass is 339 g/mol. The summed E-state index contributed by atoms with van der Waals surface area (Å²) in [4.78, 5) is 41.7. The molecule has 8 nitrogen and oxygen atoms in total. The number of carbonyl (C=O) groups is 1. The van der Waals surface area contributed by atoms with Gasteiger partial charge in [-0.05, 0) is 23.6 Å². The van der Waals surface area contributed by atoms with E-state index in [1.807, 2.05) is 0 Å². The van der Waals surface area contributed by atoms with Crippen LogP contribution in [-0.4, -0.2) is 43.7 Å². The molecule has 122 valence electrons. The standard InChI is InChI=1S/C14H14NO7P/c16-9-2-1-7-5-8(14(20)15-3-4-23(21)22)6-10(17)13(19)11(7)12(9)18/h1-2,5-6,16,18,21-22H,3-4H2,(H,15,20)(H,17,19). The maximum absolute atomic E-state index is 12.1. The third-order valence-electron chi connectivity index (χ3n) is 3.11. The maximum Gasteiger partial charge on any atom is 0.251 e. The molecular formula is C14H14NO7P. The van der Waals surface area contributed by atoms with E-state index in [2.05, 4.69) is 5.32 Å². The van der Waals surface area contributed by atoms with Gasteiger partial charge in [0.15, 0.2) is 25.6 Å². The Bertz CT molecular complexity index is 822. The van der Waals surface area contributed by atoms with E-state index in [-0.39, 0.29) is 29.0 Å². The van der Waals surface area contributed by atoms with Crippen LogP contribution in [0.15, 0.2) is 29.1 Å². The number of rotatable bonds is 4. The van der Waals surface area contributed by atoms with Crippen LogP contribution < -0.4 is 10.7 Å². The Morgan fingerprint density at radius 1 is 1.09 bits per heavy atom. The number of amides is 1. The Hall–Kier alpha value is -2.41. The summed E-state index contributed by atoms with van der Waals surface area (Å²) in [5.41, 5.74) is -0.985. The molecular weight excluding hydrogens is 325 g/mol. The summed E-state index contributed by atoms with van der Waals surface area (Å²) >= 11 is 0. The fourth-order valence-corrected chi connectivity index (χ4v) is 2.32. The highest BCUT2D eigenvalue weighted by molar-refractivity contribution is 7.45. The molecule has 0 unspecified atom stereocenters. The summed E-state index contributed by atoms with van der Waals surface area (Å²) in [6, 6.07) is 4.68. The fraction of sp³-hybridized carbons (Fsp3) is 0.143. The van der Waals surface area contributed by atoms with Gasteiger partial charge in [0.05, 0.1) is 5.39 Å². The quantitative estimate of drug-likeness (QED) is 0.348. The number of hydrogen-bond donors (Lipinski definition) is 6. The van der Waals surface area contributed by atoms with Crippen LogP contribution >= 0.6 is 8.38 Å². The Labute approximate surface area is 131 Å². The van der Waals surface area contributed by atoms with Gasteiger partial charge in [-0.1, -0.05) is 6.07 Å². The van der Waals surface area contributed by atoms with Gasteiger partial charge < -0.3 is 30.4 Å². The summed E-state index contributed by atoms with van der Waals surface area (Å²) in [6.07, 6.45) is -0.0196. The molecule has 0 bridgehead atoms. The van der Waals surface area contributed by atoms with Crippen molar-refractivity contribution in [2.75, 3.05) is 12.7 Å². The zero-order valence-electron chi connectivity index (χ0n) is 11.7. The second-order valence-electron chi connectivity index (χ2n) is 4.71. The third-order valence-corrected chi connectivity index (χ3v) is 3.73. The van der Waals surface area contributed by atoms with E-state index in [9.17, 15) is 24.9 Å². The first kappa shape index (κ1) is 17.0. The zero-order valence-corrected chi connectivity index (χ0v) is 12.6. The van der Waals surface area contributed by atoms with Gasteiger partial charge in [-0.15, -0.1) is 0 Å². The molecule has 0 aliphatic carbocycles. The van der Waals surface area contributed by atoms with E-state index in [1.165, 1.54) is 12.1 Å². The minimum atomic E-state index is -2.13. The summed E-state index contributed by atoms with van der Waals surface area (Å²) in [7, 11) is -2.13. The summed E-state index contributed by atoms with van der Waals surface area (Å²) in [5, 5.41) is 31.3. The van der Waals surface area contributed by atoms with Crippen molar-refractivity contribution < 1.29 is 29.9 Å². The van der Waals surface area contributed by atoms with Gasteiger partial charge in [0.25, 0.3) is 5.91 Å².